The van der Waals surface area contributed by atoms with Crippen molar-refractivity contribution in [1.29, 1.82) is 0 Å². The first-order chi connectivity index (χ1) is 20.1. The fourth-order valence-corrected chi connectivity index (χ4v) is 7.89. The molecule has 0 unspecified atom stereocenters. The van der Waals surface area contributed by atoms with Crippen molar-refractivity contribution in [3.63, 3.8) is 0 Å². The molecule has 7 rings (SSSR count). The van der Waals surface area contributed by atoms with Crippen molar-refractivity contribution in [2.45, 2.75) is 43.5 Å². The minimum Gasteiger partial charge on any atom is -0.469 e. The zero-order valence-electron chi connectivity index (χ0n) is 23.0. The molecule has 3 saturated carbocycles. The number of rotatable bonds is 6. The SMILES string of the molecule is [C-]#[N+]c1cc(F)c(N[C@@H]2C3CCC(CC3)[C@H]2C(=O)OC)cc1-c1cn(S(=O)(=O)c2ccc(C)cc2)c2ncc(F)cc12. The predicted octanol–water partition coefficient (Wildman–Crippen LogP) is 6.47. The Labute approximate surface area is 242 Å². The highest BCUT2D eigenvalue weighted by molar-refractivity contribution is 7.90. The van der Waals surface area contributed by atoms with Crippen molar-refractivity contribution in [1.82, 2.24) is 8.96 Å². The number of nitrogens with zero attached hydrogens (tertiary/aromatic N) is 3. The third-order valence-electron chi connectivity index (χ3n) is 8.67. The number of hydrogen-bond acceptors (Lipinski definition) is 6. The van der Waals surface area contributed by atoms with Gasteiger partial charge in [0.15, 0.2) is 11.3 Å². The maximum Gasteiger partial charge on any atom is 0.311 e. The van der Waals surface area contributed by atoms with Crippen molar-refractivity contribution < 1.29 is 26.7 Å². The number of pyridine rings is 1. The molecule has 4 aromatic rings. The third kappa shape index (κ3) is 4.60. The molecule has 0 aliphatic heterocycles. The Kier molecular flexibility index (Phi) is 6.97. The van der Waals surface area contributed by atoms with E-state index in [9.17, 15) is 17.6 Å². The van der Waals surface area contributed by atoms with Gasteiger partial charge in [0.05, 0.1) is 36.4 Å². The number of carbonyl (C=O) groups is 1. The topological polar surface area (TPSA) is 94.6 Å². The lowest BCUT2D eigenvalue weighted by atomic mass is 9.61. The summed E-state index contributed by atoms with van der Waals surface area (Å²) < 4.78 is 63.4. The van der Waals surface area contributed by atoms with E-state index in [0.717, 1.165) is 53.5 Å². The summed E-state index contributed by atoms with van der Waals surface area (Å²) in [5, 5.41) is 3.39. The molecule has 11 heteroatoms. The van der Waals surface area contributed by atoms with Gasteiger partial charge >= 0.3 is 5.97 Å². The summed E-state index contributed by atoms with van der Waals surface area (Å²) in [4.78, 5) is 20.3. The third-order valence-corrected chi connectivity index (χ3v) is 10.3. The minimum atomic E-state index is -4.16. The van der Waals surface area contributed by atoms with E-state index in [1.165, 1.54) is 31.5 Å². The average molecular weight is 591 g/mol. The summed E-state index contributed by atoms with van der Waals surface area (Å²) in [6.07, 6.45) is 5.82. The number of fused-ring (bicyclic) bond motifs is 4. The van der Waals surface area contributed by atoms with E-state index in [2.05, 4.69) is 15.1 Å². The number of ether oxygens (including phenoxy) is 1. The maximum absolute atomic E-state index is 15.5. The molecule has 3 fully saturated rings. The standard InChI is InChI=1S/C31H28F2N4O4S/c1-17-4-10-21(11-5-17)42(39,40)37-16-24(23-12-20(32)15-35-30(23)37)22-13-27(25(33)14-26(22)34-2)36-29-19-8-6-18(7-9-19)28(29)31(38)41-3/h4-5,10-16,18-19,28-29,36H,6-9H2,1,3H3/t18?,19?,28-,29-/m1/s1. The second kappa shape index (κ2) is 10.5. The highest BCUT2D eigenvalue weighted by atomic mass is 32.2. The molecule has 2 aromatic heterocycles. The molecule has 0 amide bonds. The number of carbonyl (C=O) groups excluding carboxylic acids is 1. The van der Waals surface area contributed by atoms with Crippen LogP contribution in [0.2, 0.25) is 0 Å². The summed E-state index contributed by atoms with van der Waals surface area (Å²) in [6, 6.07) is 9.57. The first kappa shape index (κ1) is 27.8. The number of anilines is 1. The number of esters is 1. The van der Waals surface area contributed by atoms with E-state index in [4.69, 9.17) is 11.3 Å². The van der Waals surface area contributed by atoms with Crippen molar-refractivity contribution in [3.05, 3.63) is 83.5 Å². The molecule has 2 bridgehead atoms. The summed E-state index contributed by atoms with van der Waals surface area (Å²) in [5.41, 5.74) is 1.24. The van der Waals surface area contributed by atoms with Crippen LogP contribution in [0.4, 0.5) is 20.2 Å². The zero-order valence-corrected chi connectivity index (χ0v) is 23.8. The predicted molar refractivity (Wildman–Crippen MR) is 153 cm³/mol. The van der Waals surface area contributed by atoms with Crippen molar-refractivity contribution in [2.75, 3.05) is 12.4 Å². The van der Waals surface area contributed by atoms with Gasteiger partial charge in [0.2, 0.25) is 0 Å². The summed E-state index contributed by atoms with van der Waals surface area (Å²) in [7, 11) is -2.81. The van der Waals surface area contributed by atoms with Crippen LogP contribution >= 0.6 is 0 Å². The minimum absolute atomic E-state index is 0.00995. The molecular weight excluding hydrogens is 562 g/mol. The molecule has 2 heterocycles. The normalized spacial score (nSPS) is 21.7. The lowest BCUT2D eigenvalue weighted by Gasteiger charge is -2.47. The molecule has 2 atom stereocenters. The van der Waals surface area contributed by atoms with Gasteiger partial charge in [-0.2, -0.15) is 0 Å². The highest BCUT2D eigenvalue weighted by Crippen LogP contribution is 2.48. The number of halogens is 2. The van der Waals surface area contributed by atoms with Gasteiger partial charge in [-0.15, -0.1) is 0 Å². The van der Waals surface area contributed by atoms with Gasteiger partial charge in [0.25, 0.3) is 10.0 Å². The van der Waals surface area contributed by atoms with Gasteiger partial charge in [-0.3, -0.25) is 4.79 Å². The van der Waals surface area contributed by atoms with Crippen LogP contribution in [-0.4, -0.2) is 36.5 Å². The fourth-order valence-electron chi connectivity index (χ4n) is 6.57. The highest BCUT2D eigenvalue weighted by Gasteiger charge is 2.48. The van der Waals surface area contributed by atoms with Crippen LogP contribution in [0.1, 0.15) is 31.2 Å². The largest absolute Gasteiger partial charge is 0.469 e. The Morgan fingerprint density at radius 3 is 2.43 bits per heavy atom. The Balaban J connectivity index is 1.50. The molecular formula is C31H28F2N4O4S. The molecule has 216 valence electrons. The number of benzene rings is 2. The quantitative estimate of drug-likeness (QED) is 0.204. The first-order valence-corrected chi connectivity index (χ1v) is 15.1. The number of hydrogen-bond donors (Lipinski definition) is 1. The van der Waals surface area contributed by atoms with Gasteiger partial charge in [-0.05, 0) is 85.9 Å². The molecule has 0 saturated heterocycles. The van der Waals surface area contributed by atoms with Crippen LogP contribution in [-0.2, 0) is 19.6 Å². The lowest BCUT2D eigenvalue weighted by molar-refractivity contribution is -0.152. The average Bonchev–Trinajstić information content (AvgIpc) is 3.37. The molecule has 0 spiro atoms. The fraction of sp³-hybridized carbons (Fsp3) is 0.323. The number of aromatic nitrogens is 2. The van der Waals surface area contributed by atoms with E-state index < -0.39 is 27.6 Å². The van der Waals surface area contributed by atoms with Crippen LogP contribution in [0.5, 0.6) is 0 Å². The Morgan fingerprint density at radius 1 is 1.07 bits per heavy atom. The van der Waals surface area contributed by atoms with Gasteiger partial charge in [0, 0.05) is 17.6 Å². The van der Waals surface area contributed by atoms with E-state index in [0.29, 0.717) is 0 Å². The van der Waals surface area contributed by atoms with Crippen molar-refractivity contribution in [2.24, 2.45) is 17.8 Å². The van der Waals surface area contributed by atoms with Gasteiger partial charge in [0.1, 0.15) is 11.6 Å². The molecule has 3 aliphatic carbocycles. The first-order valence-electron chi connectivity index (χ1n) is 13.7. The van der Waals surface area contributed by atoms with Gasteiger partial charge in [-0.25, -0.2) is 31.0 Å². The van der Waals surface area contributed by atoms with Crippen LogP contribution < -0.4 is 5.32 Å². The Hall–Kier alpha value is -4.30. The van der Waals surface area contributed by atoms with Crippen LogP contribution in [0.3, 0.4) is 0 Å². The summed E-state index contributed by atoms with van der Waals surface area (Å²) >= 11 is 0. The number of nitrogens with one attached hydrogen (secondary N) is 1. The second-order valence-corrected chi connectivity index (χ2v) is 12.9. The number of methoxy groups -OCH3 is 1. The van der Waals surface area contributed by atoms with Crippen molar-refractivity contribution in [3.8, 4) is 11.1 Å². The molecule has 0 radical (unpaired) electrons. The van der Waals surface area contributed by atoms with E-state index in [-0.39, 0.29) is 62.3 Å². The smallest absolute Gasteiger partial charge is 0.311 e. The molecule has 42 heavy (non-hydrogen) atoms. The van der Waals surface area contributed by atoms with Gasteiger partial charge < -0.3 is 10.1 Å². The monoisotopic (exact) mass is 590 g/mol. The molecule has 2 aromatic carbocycles. The number of aryl methyl sites for hydroxylation is 1. The van der Waals surface area contributed by atoms with Crippen molar-refractivity contribution >= 4 is 38.4 Å². The molecule has 1 N–H and O–H groups in total. The van der Waals surface area contributed by atoms with E-state index in [1.54, 1.807) is 12.1 Å². The molecule has 3 aliphatic rings. The Bertz CT molecular complexity index is 1860. The Morgan fingerprint density at radius 2 is 1.76 bits per heavy atom. The van der Waals surface area contributed by atoms with Crippen LogP contribution in [0.15, 0.2) is 59.8 Å². The lowest BCUT2D eigenvalue weighted by Crippen LogP contribution is -2.51. The van der Waals surface area contributed by atoms with Crippen LogP contribution in [0.25, 0.3) is 27.0 Å². The zero-order chi connectivity index (χ0) is 29.8. The summed E-state index contributed by atoms with van der Waals surface area (Å²) in [6.45, 7) is 9.57. The van der Waals surface area contributed by atoms with E-state index in [1.807, 2.05) is 6.92 Å². The van der Waals surface area contributed by atoms with Gasteiger partial charge in [-0.1, -0.05) is 17.7 Å². The van der Waals surface area contributed by atoms with Crippen LogP contribution in [0, 0.1) is 42.9 Å². The molecule has 8 nitrogen and oxygen atoms in total. The van der Waals surface area contributed by atoms with E-state index >= 15 is 4.39 Å². The maximum atomic E-state index is 15.5. The summed E-state index contributed by atoms with van der Waals surface area (Å²) in [5.74, 6) is -1.89. The second-order valence-electron chi connectivity index (χ2n) is 11.0.